The molecule has 1 saturated carbocycles. The molecule has 26 heavy (non-hydrogen) atoms. The van der Waals surface area contributed by atoms with E-state index in [4.69, 9.17) is 14.2 Å². The minimum atomic E-state index is -1.33. The third kappa shape index (κ3) is 2.30. The molecule has 0 N–H and O–H groups in total. The molecule has 5 heteroatoms. The highest BCUT2D eigenvalue weighted by atomic mass is 16.7. The molecule has 0 amide bonds. The quantitative estimate of drug-likeness (QED) is 0.626. The fraction of sp³-hybridized carbons (Fsp3) is 0.333. The Labute approximate surface area is 151 Å². The first-order valence-corrected chi connectivity index (χ1v) is 8.56. The van der Waals surface area contributed by atoms with Gasteiger partial charge in [0, 0.05) is 25.7 Å². The van der Waals surface area contributed by atoms with Crippen molar-refractivity contribution in [2.75, 3.05) is 7.11 Å². The Bertz CT molecular complexity index is 834. The van der Waals surface area contributed by atoms with E-state index in [2.05, 4.69) is 0 Å². The van der Waals surface area contributed by atoms with Crippen LogP contribution in [0.3, 0.4) is 0 Å². The van der Waals surface area contributed by atoms with Gasteiger partial charge in [-0.2, -0.15) is 0 Å². The van der Waals surface area contributed by atoms with Gasteiger partial charge in [-0.3, -0.25) is 9.59 Å². The van der Waals surface area contributed by atoms with Crippen LogP contribution in [0.1, 0.15) is 36.8 Å². The normalized spacial score (nSPS) is 25.3. The van der Waals surface area contributed by atoms with Crippen LogP contribution in [0.25, 0.3) is 0 Å². The van der Waals surface area contributed by atoms with Crippen LogP contribution in [0.4, 0.5) is 0 Å². The lowest BCUT2D eigenvalue weighted by Crippen LogP contribution is -2.48. The zero-order valence-corrected chi connectivity index (χ0v) is 14.9. The van der Waals surface area contributed by atoms with E-state index < -0.39 is 23.1 Å². The molecular weight excluding hydrogens is 332 g/mol. The number of ether oxygens (including phenoxy) is 3. The van der Waals surface area contributed by atoms with Crippen molar-refractivity contribution in [1.29, 1.82) is 0 Å². The fourth-order valence-electron chi connectivity index (χ4n) is 4.00. The zero-order chi connectivity index (χ0) is 18.5. The largest absolute Gasteiger partial charge is 0.497 e. The van der Waals surface area contributed by atoms with Gasteiger partial charge in [0.15, 0.2) is 5.41 Å². The van der Waals surface area contributed by atoms with Crippen LogP contribution >= 0.6 is 0 Å². The van der Waals surface area contributed by atoms with Gasteiger partial charge in [0.05, 0.1) is 7.11 Å². The van der Waals surface area contributed by atoms with Crippen LogP contribution in [0.2, 0.25) is 0 Å². The van der Waals surface area contributed by atoms with Gasteiger partial charge in [0.2, 0.25) is 0 Å². The lowest BCUT2D eigenvalue weighted by Gasteiger charge is -2.34. The van der Waals surface area contributed by atoms with Crippen molar-refractivity contribution in [3.63, 3.8) is 0 Å². The van der Waals surface area contributed by atoms with Crippen LogP contribution in [0, 0.1) is 5.41 Å². The van der Waals surface area contributed by atoms with Gasteiger partial charge in [-0.1, -0.05) is 42.5 Å². The summed E-state index contributed by atoms with van der Waals surface area (Å²) in [7, 11) is 1.60. The Morgan fingerprint density at radius 2 is 1.31 bits per heavy atom. The van der Waals surface area contributed by atoms with Crippen molar-refractivity contribution in [3.8, 4) is 5.75 Å². The summed E-state index contributed by atoms with van der Waals surface area (Å²) in [4.78, 5) is 25.9. The maximum atomic E-state index is 12.9. The molecule has 2 atom stereocenters. The number of carbonyl (C=O) groups is 2. The minimum absolute atomic E-state index is 0.312. The maximum absolute atomic E-state index is 12.9. The van der Waals surface area contributed by atoms with Crippen molar-refractivity contribution >= 4 is 11.9 Å². The Hall–Kier alpha value is -2.82. The van der Waals surface area contributed by atoms with Crippen molar-refractivity contribution in [3.05, 3.63) is 65.7 Å². The molecular formula is C21H20O5. The summed E-state index contributed by atoms with van der Waals surface area (Å²) in [5, 5.41) is 0. The van der Waals surface area contributed by atoms with Gasteiger partial charge < -0.3 is 14.2 Å². The minimum Gasteiger partial charge on any atom is -0.497 e. The third-order valence-electron chi connectivity index (χ3n) is 5.19. The van der Waals surface area contributed by atoms with Crippen LogP contribution < -0.4 is 4.74 Å². The molecule has 2 aromatic rings. The second-order valence-corrected chi connectivity index (χ2v) is 7.19. The average molecular weight is 352 g/mol. The number of carbonyl (C=O) groups excluding carboxylic acids is 2. The monoisotopic (exact) mass is 352 g/mol. The number of rotatable bonds is 3. The third-order valence-corrected chi connectivity index (χ3v) is 5.19. The Morgan fingerprint density at radius 3 is 1.81 bits per heavy atom. The summed E-state index contributed by atoms with van der Waals surface area (Å²) in [5.74, 6) is -2.20. The first kappa shape index (κ1) is 16.6. The number of benzene rings is 2. The van der Waals surface area contributed by atoms with Gasteiger partial charge in [-0.25, -0.2) is 0 Å². The molecule has 2 aliphatic rings. The standard InChI is InChI=1S/C21H20O5/c1-20(2)25-18(22)21(19(23)26-20)16(13-7-5-4-6-8-13)17(21)14-9-11-15(24-3)12-10-14/h4-12,16-17H,1-3H3/t16-,17-/m1/s1. The molecule has 0 radical (unpaired) electrons. The van der Waals surface area contributed by atoms with E-state index in [-0.39, 0.29) is 11.8 Å². The smallest absolute Gasteiger partial charge is 0.328 e. The van der Waals surface area contributed by atoms with Crippen LogP contribution in [0.15, 0.2) is 54.6 Å². The predicted octanol–water partition coefficient (Wildman–Crippen LogP) is 3.40. The van der Waals surface area contributed by atoms with E-state index in [9.17, 15) is 9.59 Å². The molecule has 1 saturated heterocycles. The SMILES string of the molecule is COc1ccc([C@@H]2[C@@H](c3ccccc3)C23C(=O)OC(C)(C)OC3=O)cc1. The first-order chi connectivity index (χ1) is 12.4. The predicted molar refractivity (Wildman–Crippen MR) is 93.6 cm³/mol. The number of esters is 2. The Kier molecular flexibility index (Phi) is 3.58. The molecule has 5 nitrogen and oxygen atoms in total. The molecule has 0 aromatic heterocycles. The number of methoxy groups -OCH3 is 1. The lowest BCUT2D eigenvalue weighted by molar-refractivity contribution is -0.243. The molecule has 1 spiro atoms. The maximum Gasteiger partial charge on any atom is 0.328 e. The molecule has 2 fully saturated rings. The summed E-state index contributed by atoms with van der Waals surface area (Å²) in [6.45, 7) is 3.13. The molecule has 0 bridgehead atoms. The van der Waals surface area contributed by atoms with Gasteiger partial charge >= 0.3 is 11.9 Å². The van der Waals surface area contributed by atoms with Gasteiger partial charge in [-0.15, -0.1) is 0 Å². The van der Waals surface area contributed by atoms with E-state index in [1.807, 2.05) is 54.6 Å². The molecule has 1 aliphatic carbocycles. The van der Waals surface area contributed by atoms with E-state index in [0.29, 0.717) is 0 Å². The summed E-state index contributed by atoms with van der Waals surface area (Å²) >= 11 is 0. The molecule has 2 aromatic carbocycles. The van der Waals surface area contributed by atoms with E-state index in [1.54, 1.807) is 21.0 Å². The number of hydrogen-bond donors (Lipinski definition) is 0. The van der Waals surface area contributed by atoms with Crippen molar-refractivity contribution in [2.24, 2.45) is 5.41 Å². The van der Waals surface area contributed by atoms with Crippen LogP contribution in [-0.4, -0.2) is 24.8 Å². The Morgan fingerprint density at radius 1 is 0.808 bits per heavy atom. The molecule has 1 aliphatic heterocycles. The number of cyclic esters (lactones) is 2. The van der Waals surface area contributed by atoms with Crippen molar-refractivity contribution in [2.45, 2.75) is 31.5 Å². The second kappa shape index (κ2) is 5.59. The highest BCUT2D eigenvalue weighted by molar-refractivity contribution is 6.08. The fourth-order valence-corrected chi connectivity index (χ4v) is 4.00. The number of hydrogen-bond acceptors (Lipinski definition) is 5. The van der Waals surface area contributed by atoms with Crippen molar-refractivity contribution < 1.29 is 23.8 Å². The average Bonchev–Trinajstić information content (AvgIpc) is 3.32. The first-order valence-electron chi connectivity index (χ1n) is 8.56. The highest BCUT2D eigenvalue weighted by Crippen LogP contribution is 2.72. The summed E-state index contributed by atoms with van der Waals surface area (Å²) in [6, 6.07) is 17.0. The van der Waals surface area contributed by atoms with E-state index in [0.717, 1.165) is 16.9 Å². The zero-order valence-electron chi connectivity index (χ0n) is 14.9. The Balaban J connectivity index is 1.80. The van der Waals surface area contributed by atoms with Crippen LogP contribution in [-0.2, 0) is 19.1 Å². The van der Waals surface area contributed by atoms with E-state index in [1.165, 1.54) is 0 Å². The van der Waals surface area contributed by atoms with Crippen molar-refractivity contribution in [1.82, 2.24) is 0 Å². The summed E-state index contributed by atoms with van der Waals surface area (Å²) in [6.07, 6.45) is 0. The second-order valence-electron chi connectivity index (χ2n) is 7.19. The summed E-state index contributed by atoms with van der Waals surface area (Å²) in [5.41, 5.74) is 0.473. The lowest BCUT2D eigenvalue weighted by atomic mass is 9.96. The van der Waals surface area contributed by atoms with Gasteiger partial charge in [0.25, 0.3) is 5.79 Å². The van der Waals surface area contributed by atoms with Gasteiger partial charge in [0.1, 0.15) is 5.75 Å². The highest BCUT2D eigenvalue weighted by Gasteiger charge is 2.79. The molecule has 1 heterocycles. The molecule has 0 unspecified atom stereocenters. The summed E-state index contributed by atoms with van der Waals surface area (Å²) < 4.78 is 16.1. The molecule has 4 rings (SSSR count). The van der Waals surface area contributed by atoms with Crippen LogP contribution in [0.5, 0.6) is 5.75 Å². The topological polar surface area (TPSA) is 61.8 Å². The van der Waals surface area contributed by atoms with Gasteiger partial charge in [-0.05, 0) is 23.3 Å². The molecule has 134 valence electrons. The van der Waals surface area contributed by atoms with E-state index >= 15 is 0 Å².